The first-order valence-corrected chi connectivity index (χ1v) is 6.64. The standard InChI is InChI=1S/C14H13N3O6/c1-2-9-11(13(18)19)10(12(14(20)21)16-15-9)7-4-3-5-8(6-7)17(22)23/h3-6,10,15H,2H2,1H3,(H,18,19)(H,20,21). The summed E-state index contributed by atoms with van der Waals surface area (Å²) in [4.78, 5) is 33.3. The van der Waals surface area contributed by atoms with Crippen LogP contribution in [-0.2, 0) is 9.59 Å². The number of benzene rings is 1. The van der Waals surface area contributed by atoms with Gasteiger partial charge in [-0.25, -0.2) is 9.59 Å². The van der Waals surface area contributed by atoms with E-state index in [1.165, 1.54) is 18.2 Å². The van der Waals surface area contributed by atoms with Crippen LogP contribution in [0.4, 0.5) is 5.69 Å². The molecule has 1 aliphatic rings. The maximum absolute atomic E-state index is 11.6. The van der Waals surface area contributed by atoms with E-state index in [2.05, 4.69) is 10.5 Å². The number of hydrogen-bond donors (Lipinski definition) is 3. The molecule has 1 heterocycles. The van der Waals surface area contributed by atoms with E-state index in [1.807, 2.05) is 0 Å². The maximum atomic E-state index is 11.6. The molecule has 1 atom stereocenters. The Morgan fingerprint density at radius 1 is 1.35 bits per heavy atom. The Labute approximate surface area is 130 Å². The Kier molecular flexibility index (Phi) is 4.39. The first kappa shape index (κ1) is 16.1. The summed E-state index contributed by atoms with van der Waals surface area (Å²) in [5, 5.41) is 33.4. The predicted octanol–water partition coefficient (Wildman–Crippen LogP) is 1.47. The number of nitrogens with one attached hydrogen (secondary N) is 1. The fourth-order valence-electron chi connectivity index (χ4n) is 2.40. The molecular weight excluding hydrogens is 306 g/mol. The zero-order chi connectivity index (χ0) is 17.1. The molecule has 0 saturated heterocycles. The van der Waals surface area contributed by atoms with Crippen LogP contribution in [0.5, 0.6) is 0 Å². The zero-order valence-corrected chi connectivity index (χ0v) is 12.0. The van der Waals surface area contributed by atoms with Gasteiger partial charge < -0.3 is 10.2 Å². The van der Waals surface area contributed by atoms with Gasteiger partial charge in [-0.1, -0.05) is 19.1 Å². The molecule has 1 aromatic carbocycles. The quantitative estimate of drug-likeness (QED) is 0.551. The number of non-ortho nitro benzene ring substituents is 1. The van der Waals surface area contributed by atoms with Crippen LogP contribution < -0.4 is 5.43 Å². The summed E-state index contributed by atoms with van der Waals surface area (Å²) in [6.07, 6.45) is 0.295. The molecule has 2 rings (SSSR count). The summed E-state index contributed by atoms with van der Waals surface area (Å²) in [6, 6.07) is 5.22. The second-order valence-electron chi connectivity index (χ2n) is 4.75. The number of allylic oxidation sites excluding steroid dienone is 1. The largest absolute Gasteiger partial charge is 0.478 e. The number of rotatable bonds is 5. The topological polar surface area (TPSA) is 142 Å². The molecule has 0 radical (unpaired) electrons. The average Bonchev–Trinajstić information content (AvgIpc) is 2.53. The van der Waals surface area contributed by atoms with Gasteiger partial charge in [-0.15, -0.1) is 0 Å². The van der Waals surface area contributed by atoms with Gasteiger partial charge >= 0.3 is 11.9 Å². The van der Waals surface area contributed by atoms with E-state index in [9.17, 15) is 29.9 Å². The molecule has 0 bridgehead atoms. The van der Waals surface area contributed by atoms with Crippen molar-refractivity contribution < 1.29 is 24.7 Å². The van der Waals surface area contributed by atoms with E-state index >= 15 is 0 Å². The first-order valence-electron chi connectivity index (χ1n) is 6.64. The summed E-state index contributed by atoms with van der Waals surface area (Å²) in [5.41, 5.74) is 2.02. The van der Waals surface area contributed by atoms with E-state index in [-0.39, 0.29) is 22.5 Å². The number of nitro groups is 1. The molecule has 0 saturated carbocycles. The molecule has 120 valence electrons. The normalized spacial score (nSPS) is 17.3. The highest BCUT2D eigenvalue weighted by Crippen LogP contribution is 2.33. The van der Waals surface area contributed by atoms with Gasteiger partial charge in [0.25, 0.3) is 5.69 Å². The summed E-state index contributed by atoms with van der Waals surface area (Å²) < 4.78 is 0. The van der Waals surface area contributed by atoms with Crippen LogP contribution in [0.15, 0.2) is 40.6 Å². The molecule has 3 N–H and O–H groups in total. The van der Waals surface area contributed by atoms with E-state index in [1.54, 1.807) is 6.92 Å². The third-order valence-electron chi connectivity index (χ3n) is 3.42. The first-order chi connectivity index (χ1) is 10.9. The summed E-state index contributed by atoms with van der Waals surface area (Å²) in [6.45, 7) is 1.69. The number of hydrogen-bond acceptors (Lipinski definition) is 6. The lowest BCUT2D eigenvalue weighted by atomic mass is 9.84. The molecule has 0 spiro atoms. The molecule has 1 aliphatic heterocycles. The highest BCUT2D eigenvalue weighted by atomic mass is 16.6. The Morgan fingerprint density at radius 3 is 2.57 bits per heavy atom. The Balaban J connectivity index is 2.66. The van der Waals surface area contributed by atoms with Crippen LogP contribution in [0, 0.1) is 10.1 Å². The van der Waals surface area contributed by atoms with Crippen LogP contribution in [0.3, 0.4) is 0 Å². The van der Waals surface area contributed by atoms with E-state index in [0.717, 1.165) is 6.07 Å². The molecule has 0 aliphatic carbocycles. The second-order valence-corrected chi connectivity index (χ2v) is 4.75. The molecule has 1 unspecified atom stereocenters. The molecule has 23 heavy (non-hydrogen) atoms. The van der Waals surface area contributed by atoms with Crippen LogP contribution in [0.2, 0.25) is 0 Å². The summed E-state index contributed by atoms with van der Waals surface area (Å²) in [5.74, 6) is -3.90. The van der Waals surface area contributed by atoms with E-state index in [0.29, 0.717) is 6.42 Å². The van der Waals surface area contributed by atoms with Crippen molar-refractivity contribution in [2.24, 2.45) is 5.10 Å². The lowest BCUT2D eigenvalue weighted by Crippen LogP contribution is -2.34. The Hall–Kier alpha value is -3.23. The zero-order valence-electron chi connectivity index (χ0n) is 12.0. The van der Waals surface area contributed by atoms with Gasteiger partial charge in [-0.05, 0) is 12.0 Å². The minimum Gasteiger partial charge on any atom is -0.478 e. The minimum absolute atomic E-state index is 0.180. The van der Waals surface area contributed by atoms with Gasteiger partial charge in [-0.3, -0.25) is 15.5 Å². The smallest absolute Gasteiger partial charge is 0.353 e. The highest BCUT2D eigenvalue weighted by molar-refractivity contribution is 6.39. The van der Waals surface area contributed by atoms with Crippen molar-refractivity contribution in [2.45, 2.75) is 19.3 Å². The van der Waals surface area contributed by atoms with Gasteiger partial charge in [0.15, 0.2) is 5.71 Å². The van der Waals surface area contributed by atoms with Crippen molar-refractivity contribution >= 4 is 23.3 Å². The fraction of sp³-hybridized carbons (Fsp3) is 0.214. The predicted molar refractivity (Wildman–Crippen MR) is 79.0 cm³/mol. The third kappa shape index (κ3) is 3.03. The molecular formula is C14H13N3O6. The molecule has 0 fully saturated rings. The van der Waals surface area contributed by atoms with Gasteiger partial charge in [0.1, 0.15) is 0 Å². The number of nitro benzene ring substituents is 1. The monoisotopic (exact) mass is 319 g/mol. The molecule has 0 aromatic heterocycles. The Bertz CT molecular complexity index is 753. The highest BCUT2D eigenvalue weighted by Gasteiger charge is 2.37. The number of carboxylic acids is 2. The SMILES string of the molecule is CCC1=C(C(=O)O)C(c2cccc([N+](=O)[O-])c2)C(C(=O)O)=NN1. The maximum Gasteiger partial charge on any atom is 0.353 e. The number of nitrogens with zero attached hydrogens (tertiary/aromatic N) is 2. The van der Waals surface area contributed by atoms with Crippen molar-refractivity contribution in [1.29, 1.82) is 0 Å². The number of aliphatic carboxylic acids is 2. The lowest BCUT2D eigenvalue weighted by Gasteiger charge is -2.25. The van der Waals surface area contributed by atoms with Gasteiger partial charge in [0.2, 0.25) is 0 Å². The van der Waals surface area contributed by atoms with Gasteiger partial charge in [0, 0.05) is 17.8 Å². The van der Waals surface area contributed by atoms with Crippen molar-refractivity contribution in [3.63, 3.8) is 0 Å². The summed E-state index contributed by atoms with van der Waals surface area (Å²) in [7, 11) is 0. The van der Waals surface area contributed by atoms with Crippen LogP contribution in [0.1, 0.15) is 24.8 Å². The van der Waals surface area contributed by atoms with Crippen molar-refractivity contribution in [3.05, 3.63) is 51.2 Å². The molecule has 9 heteroatoms. The van der Waals surface area contributed by atoms with Crippen LogP contribution in [-0.4, -0.2) is 32.8 Å². The van der Waals surface area contributed by atoms with Crippen molar-refractivity contribution in [3.8, 4) is 0 Å². The van der Waals surface area contributed by atoms with Crippen molar-refractivity contribution in [1.82, 2.24) is 5.43 Å². The Morgan fingerprint density at radius 2 is 2.04 bits per heavy atom. The lowest BCUT2D eigenvalue weighted by molar-refractivity contribution is -0.384. The number of hydrazone groups is 1. The molecule has 1 aromatic rings. The summed E-state index contributed by atoms with van der Waals surface area (Å²) >= 11 is 0. The third-order valence-corrected chi connectivity index (χ3v) is 3.42. The van der Waals surface area contributed by atoms with Crippen LogP contribution in [0.25, 0.3) is 0 Å². The fourth-order valence-corrected chi connectivity index (χ4v) is 2.40. The van der Waals surface area contributed by atoms with Gasteiger partial charge in [0.05, 0.1) is 16.4 Å². The second kappa shape index (κ2) is 6.26. The number of carboxylic acid groups (broad SMARTS) is 2. The molecule has 0 amide bonds. The van der Waals surface area contributed by atoms with Crippen molar-refractivity contribution in [2.75, 3.05) is 0 Å². The van der Waals surface area contributed by atoms with E-state index < -0.39 is 28.5 Å². The van der Waals surface area contributed by atoms with Crippen LogP contribution >= 0.6 is 0 Å². The van der Waals surface area contributed by atoms with Gasteiger partial charge in [-0.2, -0.15) is 5.10 Å². The van der Waals surface area contributed by atoms with E-state index in [4.69, 9.17) is 0 Å². The molecule has 9 nitrogen and oxygen atoms in total. The minimum atomic E-state index is -1.40. The number of carbonyl (C=O) groups is 2. The average molecular weight is 319 g/mol.